The fraction of sp³-hybridized carbons (Fsp3) is 0.833. The highest BCUT2D eigenvalue weighted by atomic mass is 16.5. The van der Waals surface area contributed by atoms with E-state index in [1.165, 1.54) is 83.5 Å². The molecule has 0 saturated carbocycles. The summed E-state index contributed by atoms with van der Waals surface area (Å²) in [6.07, 6.45) is 21.4. The van der Waals surface area contributed by atoms with Crippen LogP contribution >= 0.6 is 0 Å². The summed E-state index contributed by atoms with van der Waals surface area (Å²) in [5.74, 6) is 1.59. The topological polar surface area (TPSA) is 73.1 Å². The molecule has 0 spiro atoms. The summed E-state index contributed by atoms with van der Waals surface area (Å²) in [7, 11) is 0. The Bertz CT molecular complexity index is 496. The number of unbranched alkanes of at least 4 members (excludes halogenated alkanes) is 14. The quantitative estimate of drug-likeness (QED) is 0.225. The minimum absolute atomic E-state index is 0.266. The Hall–Kier alpha value is -1.52. The van der Waals surface area contributed by atoms with Crippen molar-refractivity contribution in [1.29, 1.82) is 0 Å². The van der Waals surface area contributed by atoms with Gasteiger partial charge in [-0.2, -0.15) is 9.97 Å². The molecule has 0 saturated heterocycles. The molecule has 0 bridgehead atoms. The van der Waals surface area contributed by atoms with E-state index in [0.29, 0.717) is 12.5 Å². The lowest BCUT2D eigenvalue weighted by Gasteiger charge is -2.09. The summed E-state index contributed by atoms with van der Waals surface area (Å²) in [4.78, 5) is 8.37. The van der Waals surface area contributed by atoms with Crippen LogP contribution in [0.15, 0.2) is 6.07 Å². The van der Waals surface area contributed by atoms with Crippen LogP contribution in [0.4, 0.5) is 11.8 Å². The van der Waals surface area contributed by atoms with Gasteiger partial charge in [0.15, 0.2) is 0 Å². The summed E-state index contributed by atoms with van der Waals surface area (Å²) < 4.78 is 5.63. The molecule has 1 rings (SSSR count). The Morgan fingerprint density at radius 1 is 0.724 bits per heavy atom. The molecule has 0 aliphatic heterocycles. The minimum atomic E-state index is 0.266. The maximum atomic E-state index is 5.78. The summed E-state index contributed by atoms with van der Waals surface area (Å²) in [5.41, 5.74) is 5.78. The van der Waals surface area contributed by atoms with Crippen molar-refractivity contribution in [2.45, 2.75) is 117 Å². The molecule has 1 aromatic heterocycles. The van der Waals surface area contributed by atoms with Gasteiger partial charge in [-0.3, -0.25) is 0 Å². The number of ether oxygens (including phenoxy) is 1. The van der Waals surface area contributed by atoms with E-state index in [1.807, 2.05) is 6.07 Å². The molecule has 168 valence electrons. The number of nitrogens with two attached hydrogens (primary N) is 1. The van der Waals surface area contributed by atoms with Gasteiger partial charge >= 0.3 is 0 Å². The number of nitrogen functional groups attached to an aromatic ring is 1. The summed E-state index contributed by atoms with van der Waals surface area (Å²) >= 11 is 0. The van der Waals surface area contributed by atoms with Crippen molar-refractivity contribution >= 4 is 11.8 Å². The van der Waals surface area contributed by atoms with Gasteiger partial charge in [0.25, 0.3) is 0 Å². The zero-order valence-corrected chi connectivity index (χ0v) is 19.2. The number of rotatable bonds is 20. The molecular weight excluding hydrogens is 360 g/mol. The first-order valence-corrected chi connectivity index (χ1v) is 12.3. The van der Waals surface area contributed by atoms with Crippen LogP contribution in [-0.2, 0) is 0 Å². The molecule has 0 amide bonds. The normalized spacial score (nSPS) is 11.0. The average Bonchev–Trinajstić information content (AvgIpc) is 2.71. The van der Waals surface area contributed by atoms with Gasteiger partial charge in [-0.1, -0.05) is 104 Å². The Morgan fingerprint density at radius 2 is 1.24 bits per heavy atom. The summed E-state index contributed by atoms with van der Waals surface area (Å²) in [5, 5.41) is 3.35. The van der Waals surface area contributed by atoms with E-state index in [2.05, 4.69) is 29.1 Å². The maximum Gasteiger partial charge on any atom is 0.225 e. The van der Waals surface area contributed by atoms with Gasteiger partial charge in [-0.25, -0.2) is 0 Å². The molecule has 29 heavy (non-hydrogen) atoms. The fourth-order valence-corrected chi connectivity index (χ4v) is 3.46. The van der Waals surface area contributed by atoms with Crippen molar-refractivity contribution in [2.75, 3.05) is 24.2 Å². The molecule has 5 nitrogen and oxygen atoms in total. The van der Waals surface area contributed by atoms with Crippen LogP contribution in [-0.4, -0.2) is 23.1 Å². The van der Waals surface area contributed by atoms with Gasteiger partial charge in [0, 0.05) is 12.6 Å². The third-order valence-corrected chi connectivity index (χ3v) is 5.30. The van der Waals surface area contributed by atoms with Crippen molar-refractivity contribution in [1.82, 2.24) is 9.97 Å². The van der Waals surface area contributed by atoms with E-state index < -0.39 is 0 Å². The number of nitrogens with one attached hydrogen (secondary N) is 1. The van der Waals surface area contributed by atoms with Gasteiger partial charge in [0.2, 0.25) is 11.8 Å². The molecule has 0 fully saturated rings. The van der Waals surface area contributed by atoms with Crippen molar-refractivity contribution in [3.05, 3.63) is 6.07 Å². The van der Waals surface area contributed by atoms with Crippen LogP contribution in [0.1, 0.15) is 117 Å². The largest absolute Gasteiger partial charge is 0.477 e. The van der Waals surface area contributed by atoms with Gasteiger partial charge in [-0.05, 0) is 12.8 Å². The lowest BCUT2D eigenvalue weighted by Crippen LogP contribution is -2.08. The second-order valence-corrected chi connectivity index (χ2v) is 8.17. The van der Waals surface area contributed by atoms with Crippen molar-refractivity contribution in [3.8, 4) is 5.88 Å². The second-order valence-electron chi connectivity index (χ2n) is 8.17. The predicted molar refractivity (Wildman–Crippen MR) is 126 cm³/mol. The molecule has 0 aromatic carbocycles. The number of hydrogen-bond acceptors (Lipinski definition) is 5. The molecule has 0 aliphatic rings. The van der Waals surface area contributed by atoms with E-state index >= 15 is 0 Å². The highest BCUT2D eigenvalue weighted by Gasteiger charge is 2.03. The van der Waals surface area contributed by atoms with E-state index in [1.54, 1.807) is 0 Å². The molecule has 0 atom stereocenters. The zero-order chi connectivity index (χ0) is 21.0. The minimum Gasteiger partial charge on any atom is -0.477 e. The predicted octanol–water partition coefficient (Wildman–Crippen LogP) is 7.13. The first-order chi connectivity index (χ1) is 14.3. The van der Waals surface area contributed by atoms with Gasteiger partial charge in [0.05, 0.1) is 6.61 Å². The maximum absolute atomic E-state index is 5.78. The Balaban J connectivity index is 1.94. The summed E-state index contributed by atoms with van der Waals surface area (Å²) in [6.45, 7) is 6.01. The smallest absolute Gasteiger partial charge is 0.225 e. The Labute approximate surface area is 179 Å². The third-order valence-electron chi connectivity index (χ3n) is 5.30. The van der Waals surface area contributed by atoms with E-state index in [9.17, 15) is 0 Å². The Morgan fingerprint density at radius 3 is 1.79 bits per heavy atom. The third kappa shape index (κ3) is 15.0. The van der Waals surface area contributed by atoms with E-state index in [-0.39, 0.29) is 5.95 Å². The summed E-state index contributed by atoms with van der Waals surface area (Å²) in [6, 6.07) is 1.84. The van der Waals surface area contributed by atoms with Crippen molar-refractivity contribution in [3.63, 3.8) is 0 Å². The molecule has 0 radical (unpaired) electrons. The van der Waals surface area contributed by atoms with Gasteiger partial charge in [0.1, 0.15) is 5.82 Å². The lowest BCUT2D eigenvalue weighted by molar-refractivity contribution is 0.298. The number of aromatic nitrogens is 2. The molecule has 0 aliphatic carbocycles. The molecule has 1 heterocycles. The van der Waals surface area contributed by atoms with Gasteiger partial charge in [-0.15, -0.1) is 0 Å². The Kier molecular flexibility index (Phi) is 16.3. The molecule has 1 aromatic rings. The van der Waals surface area contributed by atoms with Crippen LogP contribution in [0, 0.1) is 0 Å². The van der Waals surface area contributed by atoms with E-state index in [4.69, 9.17) is 10.5 Å². The molecule has 0 unspecified atom stereocenters. The molecular formula is C24H46N4O. The zero-order valence-electron chi connectivity index (χ0n) is 19.2. The highest BCUT2D eigenvalue weighted by molar-refractivity contribution is 5.42. The van der Waals surface area contributed by atoms with Crippen LogP contribution in [0.2, 0.25) is 0 Å². The van der Waals surface area contributed by atoms with Crippen LogP contribution in [0.25, 0.3) is 0 Å². The van der Waals surface area contributed by atoms with Gasteiger partial charge < -0.3 is 15.8 Å². The molecule has 5 heteroatoms. The number of nitrogens with zero attached hydrogens (tertiary/aromatic N) is 2. The van der Waals surface area contributed by atoms with Crippen LogP contribution < -0.4 is 15.8 Å². The highest BCUT2D eigenvalue weighted by Crippen LogP contribution is 2.16. The lowest BCUT2D eigenvalue weighted by atomic mass is 10.0. The fourth-order valence-electron chi connectivity index (χ4n) is 3.46. The van der Waals surface area contributed by atoms with Crippen molar-refractivity contribution < 1.29 is 4.74 Å². The van der Waals surface area contributed by atoms with Crippen molar-refractivity contribution in [2.24, 2.45) is 0 Å². The van der Waals surface area contributed by atoms with Crippen LogP contribution in [0.5, 0.6) is 5.88 Å². The van der Waals surface area contributed by atoms with Crippen LogP contribution in [0.3, 0.4) is 0 Å². The standard InChI is InChI=1S/C24H46N4O/c1-3-5-7-8-9-10-11-12-13-14-15-16-17-18-19-26-22-21-23(28-24(25)27-22)29-20-6-4-2/h21H,3-20H2,1-2H3,(H3,25,26,27,28). The number of hydrogen-bond donors (Lipinski definition) is 2. The average molecular weight is 407 g/mol. The number of anilines is 2. The first-order valence-electron chi connectivity index (χ1n) is 12.3. The van der Waals surface area contributed by atoms with E-state index in [0.717, 1.165) is 31.6 Å². The SMILES string of the molecule is CCCCCCCCCCCCCCCCNc1cc(OCCCC)nc(N)n1. The first kappa shape index (κ1) is 25.5. The molecule has 3 N–H and O–H groups in total. The monoisotopic (exact) mass is 406 g/mol. The second kappa shape index (κ2) is 18.5.